The number of carbonyl (C=O) groups is 1. The van der Waals surface area contributed by atoms with Crippen LogP contribution in [-0.4, -0.2) is 16.3 Å². The summed E-state index contributed by atoms with van der Waals surface area (Å²) in [6, 6.07) is 6.25. The molecule has 1 aromatic carbocycles. The van der Waals surface area contributed by atoms with Gasteiger partial charge in [-0.2, -0.15) is 0 Å². The van der Waals surface area contributed by atoms with Crippen molar-refractivity contribution in [3.05, 3.63) is 40.4 Å². The number of fused-ring (bicyclic) bond motifs is 1. The Morgan fingerprint density at radius 2 is 2.38 bits per heavy atom. The first-order valence-corrected chi connectivity index (χ1v) is 6.68. The van der Waals surface area contributed by atoms with Crippen LogP contribution < -0.4 is 0 Å². The molecule has 2 nitrogen and oxygen atoms in total. The van der Waals surface area contributed by atoms with E-state index >= 15 is 0 Å². The van der Waals surface area contributed by atoms with Gasteiger partial charge in [-0.25, -0.2) is 4.79 Å². The van der Waals surface area contributed by atoms with Gasteiger partial charge >= 0.3 is 5.97 Å². The van der Waals surface area contributed by atoms with Gasteiger partial charge in [-0.1, -0.05) is 22.0 Å². The van der Waals surface area contributed by atoms with Crippen molar-refractivity contribution in [2.75, 3.05) is 0 Å². The van der Waals surface area contributed by atoms with Crippen LogP contribution in [0.25, 0.3) is 0 Å². The smallest absolute Gasteiger partial charge is 0.328 e. The summed E-state index contributed by atoms with van der Waals surface area (Å²) < 4.78 is 1.10. The fourth-order valence-electron chi connectivity index (χ4n) is 1.70. The first-order valence-electron chi connectivity index (χ1n) is 5.01. The summed E-state index contributed by atoms with van der Waals surface area (Å²) >= 11 is 5.19. The third kappa shape index (κ3) is 2.89. The Hall–Kier alpha value is -0.740. The lowest BCUT2D eigenvalue weighted by Crippen LogP contribution is -2.08. The van der Waals surface area contributed by atoms with E-state index in [4.69, 9.17) is 5.11 Å². The molecule has 0 saturated carbocycles. The van der Waals surface area contributed by atoms with Crippen LogP contribution in [0, 0.1) is 0 Å². The van der Waals surface area contributed by atoms with E-state index in [1.807, 2.05) is 6.07 Å². The molecule has 0 bridgehead atoms. The van der Waals surface area contributed by atoms with Crippen molar-refractivity contribution < 1.29 is 9.90 Å². The number of halogens is 1. The topological polar surface area (TPSA) is 37.3 Å². The molecule has 0 spiro atoms. The minimum absolute atomic E-state index is 0.282. The number of carboxylic acid groups (broad SMARTS) is 1. The van der Waals surface area contributed by atoms with E-state index in [1.165, 1.54) is 16.5 Å². The molecule has 1 heterocycles. The lowest BCUT2D eigenvalue weighted by molar-refractivity contribution is -0.131. The number of hydrogen-bond donors (Lipinski definition) is 1. The molecule has 1 aliphatic heterocycles. The highest BCUT2D eigenvalue weighted by Gasteiger charge is 2.17. The van der Waals surface area contributed by atoms with Crippen molar-refractivity contribution in [3.8, 4) is 0 Å². The summed E-state index contributed by atoms with van der Waals surface area (Å²) in [5.74, 6) is -0.873. The minimum Gasteiger partial charge on any atom is -0.478 e. The van der Waals surface area contributed by atoms with Gasteiger partial charge in [0.2, 0.25) is 0 Å². The average Bonchev–Trinajstić information content (AvgIpc) is 2.26. The van der Waals surface area contributed by atoms with Gasteiger partial charge in [0, 0.05) is 20.7 Å². The predicted octanol–water partition coefficient (Wildman–Crippen LogP) is 3.50. The zero-order valence-corrected chi connectivity index (χ0v) is 10.9. The molecular weight excluding hydrogens is 288 g/mol. The SMILES string of the molecule is O=C(O)/C=C/C1CCc2cc(Br)ccc2S1. The summed E-state index contributed by atoms with van der Waals surface area (Å²) in [6.45, 7) is 0. The fraction of sp³-hybridized carbons (Fsp3) is 0.250. The van der Waals surface area contributed by atoms with Gasteiger partial charge in [-0.3, -0.25) is 0 Å². The van der Waals surface area contributed by atoms with Crippen LogP contribution in [0.3, 0.4) is 0 Å². The molecule has 1 atom stereocenters. The largest absolute Gasteiger partial charge is 0.478 e. The van der Waals surface area contributed by atoms with Gasteiger partial charge in [0.1, 0.15) is 0 Å². The lowest BCUT2D eigenvalue weighted by Gasteiger charge is -2.21. The minimum atomic E-state index is -0.873. The molecule has 1 aliphatic rings. The van der Waals surface area contributed by atoms with Gasteiger partial charge in [0.05, 0.1) is 0 Å². The standard InChI is InChI=1S/C12H11BrO2S/c13-9-2-5-11-8(7-9)1-3-10(16-11)4-6-12(14)15/h2,4-7,10H,1,3H2,(H,14,15)/b6-4+. The molecule has 0 aliphatic carbocycles. The molecule has 1 aromatic rings. The van der Waals surface area contributed by atoms with Gasteiger partial charge in [0.15, 0.2) is 0 Å². The van der Waals surface area contributed by atoms with E-state index in [9.17, 15) is 4.79 Å². The van der Waals surface area contributed by atoms with Gasteiger partial charge in [0.25, 0.3) is 0 Å². The molecule has 0 saturated heterocycles. The van der Waals surface area contributed by atoms with E-state index in [1.54, 1.807) is 17.8 Å². The second kappa shape index (κ2) is 5.06. The molecule has 0 fully saturated rings. The lowest BCUT2D eigenvalue weighted by atomic mass is 10.1. The summed E-state index contributed by atoms with van der Waals surface area (Å²) in [4.78, 5) is 11.7. The summed E-state index contributed by atoms with van der Waals surface area (Å²) in [7, 11) is 0. The predicted molar refractivity (Wildman–Crippen MR) is 68.9 cm³/mol. The fourth-order valence-corrected chi connectivity index (χ4v) is 3.29. The maximum atomic E-state index is 10.4. The van der Waals surface area contributed by atoms with Crippen molar-refractivity contribution in [3.63, 3.8) is 0 Å². The van der Waals surface area contributed by atoms with Crippen molar-refractivity contribution >= 4 is 33.7 Å². The number of thioether (sulfide) groups is 1. The molecule has 0 amide bonds. The number of hydrogen-bond acceptors (Lipinski definition) is 2. The van der Waals surface area contributed by atoms with Gasteiger partial charge in [-0.15, -0.1) is 11.8 Å². The molecule has 16 heavy (non-hydrogen) atoms. The first kappa shape index (κ1) is 11.7. The summed E-state index contributed by atoms with van der Waals surface area (Å²) in [5.41, 5.74) is 1.35. The van der Waals surface area contributed by atoms with Crippen molar-refractivity contribution in [1.82, 2.24) is 0 Å². The van der Waals surface area contributed by atoms with E-state index in [0.29, 0.717) is 0 Å². The van der Waals surface area contributed by atoms with E-state index in [2.05, 4.69) is 28.1 Å². The first-order chi connectivity index (χ1) is 7.65. The highest BCUT2D eigenvalue weighted by atomic mass is 79.9. The van der Waals surface area contributed by atoms with E-state index < -0.39 is 5.97 Å². The maximum absolute atomic E-state index is 10.4. The Kier molecular flexibility index (Phi) is 3.71. The number of aryl methyl sites for hydroxylation is 1. The van der Waals surface area contributed by atoms with E-state index in [0.717, 1.165) is 17.3 Å². The van der Waals surface area contributed by atoms with Crippen molar-refractivity contribution in [1.29, 1.82) is 0 Å². The Balaban J connectivity index is 2.12. The van der Waals surface area contributed by atoms with E-state index in [-0.39, 0.29) is 5.25 Å². The maximum Gasteiger partial charge on any atom is 0.328 e. The molecular formula is C12H11BrO2S. The quantitative estimate of drug-likeness (QED) is 0.849. The average molecular weight is 299 g/mol. The van der Waals surface area contributed by atoms with Crippen LogP contribution in [0.2, 0.25) is 0 Å². The molecule has 1 unspecified atom stereocenters. The second-order valence-electron chi connectivity index (χ2n) is 3.64. The van der Waals surface area contributed by atoms with Crippen LogP contribution >= 0.6 is 27.7 Å². The van der Waals surface area contributed by atoms with Crippen molar-refractivity contribution in [2.24, 2.45) is 0 Å². The number of aliphatic carboxylic acids is 1. The monoisotopic (exact) mass is 298 g/mol. The Labute approximate surface area is 107 Å². The Morgan fingerprint density at radius 1 is 1.56 bits per heavy atom. The highest BCUT2D eigenvalue weighted by molar-refractivity contribution is 9.10. The number of carboxylic acids is 1. The molecule has 0 aromatic heterocycles. The summed E-state index contributed by atoms with van der Waals surface area (Å²) in [6.07, 6.45) is 5.02. The molecule has 0 radical (unpaired) electrons. The normalized spacial score (nSPS) is 19.7. The van der Waals surface area contributed by atoms with Crippen LogP contribution in [0.1, 0.15) is 12.0 Å². The molecule has 84 valence electrons. The Bertz CT molecular complexity index is 443. The van der Waals surface area contributed by atoms with Gasteiger partial charge < -0.3 is 5.11 Å². The molecule has 2 rings (SSSR count). The van der Waals surface area contributed by atoms with Crippen LogP contribution in [0.5, 0.6) is 0 Å². The van der Waals surface area contributed by atoms with Crippen LogP contribution in [0.15, 0.2) is 39.7 Å². The zero-order chi connectivity index (χ0) is 11.5. The Morgan fingerprint density at radius 3 is 3.12 bits per heavy atom. The molecule has 1 N–H and O–H groups in total. The van der Waals surface area contributed by atoms with Crippen LogP contribution in [0.4, 0.5) is 0 Å². The third-order valence-corrected chi connectivity index (χ3v) is 4.29. The number of benzene rings is 1. The highest BCUT2D eigenvalue weighted by Crippen LogP contribution is 2.37. The zero-order valence-electron chi connectivity index (χ0n) is 8.52. The van der Waals surface area contributed by atoms with Crippen LogP contribution in [-0.2, 0) is 11.2 Å². The van der Waals surface area contributed by atoms with Crippen molar-refractivity contribution in [2.45, 2.75) is 23.0 Å². The number of rotatable bonds is 2. The second-order valence-corrected chi connectivity index (χ2v) is 5.84. The molecule has 4 heteroatoms. The van der Waals surface area contributed by atoms with Gasteiger partial charge in [-0.05, 0) is 36.6 Å². The summed E-state index contributed by atoms with van der Waals surface area (Å²) in [5, 5.41) is 8.86. The third-order valence-electron chi connectivity index (χ3n) is 2.45.